The van der Waals surface area contributed by atoms with Crippen LogP contribution in [-0.4, -0.2) is 44.8 Å². The molecule has 0 unspecified atom stereocenters. The van der Waals surface area contributed by atoms with Gasteiger partial charge in [-0.05, 0) is 62.3 Å². The van der Waals surface area contributed by atoms with E-state index < -0.39 is 0 Å². The molecule has 1 aliphatic heterocycles. The lowest BCUT2D eigenvalue weighted by Gasteiger charge is -2.15. The Labute approximate surface area is 196 Å². The van der Waals surface area contributed by atoms with E-state index >= 15 is 0 Å². The topological polar surface area (TPSA) is 56.1 Å². The molecule has 164 valence electrons. The third-order valence-corrected chi connectivity index (χ3v) is 7.42. The molecule has 1 saturated heterocycles. The van der Waals surface area contributed by atoms with Crippen molar-refractivity contribution in [3.63, 3.8) is 0 Å². The number of thiazole rings is 1. The summed E-state index contributed by atoms with van der Waals surface area (Å²) in [6.07, 6.45) is 2.53. The molecule has 6 nitrogen and oxygen atoms in total. The third kappa shape index (κ3) is 4.72. The number of nitrogens with zero attached hydrogens (tertiary/aromatic N) is 5. The van der Waals surface area contributed by atoms with E-state index in [0.717, 1.165) is 64.1 Å². The Morgan fingerprint density at radius 3 is 2.53 bits per heavy atom. The molecule has 3 heterocycles. The Balaban J connectivity index is 1.34. The van der Waals surface area contributed by atoms with E-state index in [0.29, 0.717) is 0 Å². The molecule has 2 aromatic carbocycles. The van der Waals surface area contributed by atoms with Crippen LogP contribution in [0.3, 0.4) is 0 Å². The summed E-state index contributed by atoms with van der Waals surface area (Å²) < 4.78 is 7.44. The molecule has 32 heavy (non-hydrogen) atoms. The number of hydrogen-bond donors (Lipinski definition) is 0. The van der Waals surface area contributed by atoms with Crippen molar-refractivity contribution in [2.24, 2.45) is 0 Å². The maximum atomic E-state index is 5.25. The molecule has 0 aliphatic carbocycles. The lowest BCUT2D eigenvalue weighted by molar-refractivity contribution is 0.319. The van der Waals surface area contributed by atoms with Gasteiger partial charge >= 0.3 is 0 Å². The Bertz CT molecular complexity index is 1150. The number of para-hydroxylation sites is 1. The van der Waals surface area contributed by atoms with Crippen molar-refractivity contribution in [1.29, 1.82) is 0 Å². The first kappa shape index (κ1) is 21.2. The first-order chi connectivity index (χ1) is 15.8. The van der Waals surface area contributed by atoms with Gasteiger partial charge in [-0.1, -0.05) is 30.0 Å². The van der Waals surface area contributed by atoms with Crippen LogP contribution in [0.25, 0.3) is 16.3 Å². The molecule has 0 spiro atoms. The number of likely N-dealkylation sites (tertiary alicyclic amines) is 1. The second-order valence-electron chi connectivity index (χ2n) is 7.71. The van der Waals surface area contributed by atoms with Gasteiger partial charge in [0.15, 0.2) is 11.0 Å². The number of rotatable bonds is 8. The standard InChI is InChI=1S/C24H25N5OS2/c1-30-21-11-9-18(10-12-21)23-25-19(16-31-23)17-32-24-27-26-22(15-28-13-5-6-14-28)29(24)20-7-3-2-4-8-20/h2-4,7-12,16H,5-6,13-15,17H2,1H3. The number of aromatic nitrogens is 4. The second kappa shape index (κ2) is 9.85. The Morgan fingerprint density at radius 2 is 1.78 bits per heavy atom. The highest BCUT2D eigenvalue weighted by molar-refractivity contribution is 7.98. The van der Waals surface area contributed by atoms with Gasteiger partial charge in [0.2, 0.25) is 0 Å². The normalized spacial score (nSPS) is 14.2. The summed E-state index contributed by atoms with van der Waals surface area (Å²) >= 11 is 3.35. The zero-order chi connectivity index (χ0) is 21.8. The summed E-state index contributed by atoms with van der Waals surface area (Å²) in [6.45, 7) is 3.11. The first-order valence-corrected chi connectivity index (χ1v) is 12.6. The number of methoxy groups -OCH3 is 1. The summed E-state index contributed by atoms with van der Waals surface area (Å²) in [4.78, 5) is 7.29. The van der Waals surface area contributed by atoms with Gasteiger partial charge in [-0.25, -0.2) is 4.98 Å². The predicted octanol–water partition coefficient (Wildman–Crippen LogP) is 5.29. The van der Waals surface area contributed by atoms with E-state index in [1.165, 1.54) is 12.8 Å². The minimum atomic E-state index is 0.751. The van der Waals surface area contributed by atoms with Gasteiger partial charge in [-0.2, -0.15) is 0 Å². The SMILES string of the molecule is COc1ccc(-c2nc(CSc3nnc(CN4CCCC4)n3-c3ccccc3)cs2)cc1. The van der Waals surface area contributed by atoms with Crippen LogP contribution in [0.1, 0.15) is 24.4 Å². The highest BCUT2D eigenvalue weighted by atomic mass is 32.2. The van der Waals surface area contributed by atoms with Crippen LogP contribution in [0.5, 0.6) is 5.75 Å². The minimum absolute atomic E-state index is 0.751. The van der Waals surface area contributed by atoms with Gasteiger partial charge < -0.3 is 4.74 Å². The molecule has 0 saturated carbocycles. The molecule has 0 atom stereocenters. The van der Waals surface area contributed by atoms with Crippen molar-refractivity contribution in [2.75, 3.05) is 20.2 Å². The van der Waals surface area contributed by atoms with Crippen molar-refractivity contribution >= 4 is 23.1 Å². The zero-order valence-corrected chi connectivity index (χ0v) is 19.6. The van der Waals surface area contributed by atoms with E-state index in [9.17, 15) is 0 Å². The van der Waals surface area contributed by atoms with Crippen molar-refractivity contribution in [2.45, 2.75) is 30.3 Å². The smallest absolute Gasteiger partial charge is 0.196 e. The lowest BCUT2D eigenvalue weighted by atomic mass is 10.2. The molecule has 8 heteroatoms. The molecule has 2 aromatic heterocycles. The summed E-state index contributed by atoms with van der Waals surface area (Å²) in [5.74, 6) is 2.60. The number of thioether (sulfide) groups is 1. The Hall–Kier alpha value is -2.68. The fourth-order valence-electron chi connectivity index (χ4n) is 3.85. The average molecular weight is 464 g/mol. The largest absolute Gasteiger partial charge is 0.497 e. The van der Waals surface area contributed by atoms with Gasteiger partial charge in [0.1, 0.15) is 10.8 Å². The molecule has 0 amide bonds. The fraction of sp³-hybridized carbons (Fsp3) is 0.292. The molecule has 4 aromatic rings. The van der Waals surface area contributed by atoms with Gasteiger partial charge in [0.05, 0.1) is 19.3 Å². The van der Waals surface area contributed by atoms with Gasteiger partial charge in [-0.3, -0.25) is 9.47 Å². The minimum Gasteiger partial charge on any atom is -0.497 e. The van der Waals surface area contributed by atoms with Gasteiger partial charge in [-0.15, -0.1) is 21.5 Å². The third-order valence-electron chi connectivity index (χ3n) is 5.52. The maximum Gasteiger partial charge on any atom is 0.196 e. The second-order valence-corrected chi connectivity index (χ2v) is 9.51. The van der Waals surface area contributed by atoms with E-state index in [-0.39, 0.29) is 0 Å². The number of benzene rings is 2. The Kier molecular flexibility index (Phi) is 6.52. The molecule has 0 N–H and O–H groups in total. The van der Waals surface area contributed by atoms with Crippen LogP contribution in [0, 0.1) is 0 Å². The van der Waals surface area contributed by atoms with Crippen LogP contribution in [0.2, 0.25) is 0 Å². The van der Waals surface area contributed by atoms with Crippen molar-refractivity contribution in [1.82, 2.24) is 24.6 Å². The molecule has 0 radical (unpaired) electrons. The van der Waals surface area contributed by atoms with E-state index in [2.05, 4.69) is 49.3 Å². The van der Waals surface area contributed by atoms with Crippen LogP contribution < -0.4 is 4.74 Å². The van der Waals surface area contributed by atoms with E-state index in [1.54, 1.807) is 30.2 Å². The summed E-state index contributed by atoms with van der Waals surface area (Å²) in [6, 6.07) is 18.4. The van der Waals surface area contributed by atoms with Crippen molar-refractivity contribution in [3.8, 4) is 22.0 Å². The van der Waals surface area contributed by atoms with E-state index in [4.69, 9.17) is 9.72 Å². The number of hydrogen-bond acceptors (Lipinski definition) is 7. The summed E-state index contributed by atoms with van der Waals surface area (Å²) in [5.41, 5.74) is 3.26. The zero-order valence-electron chi connectivity index (χ0n) is 18.0. The summed E-state index contributed by atoms with van der Waals surface area (Å²) in [7, 11) is 1.68. The fourth-order valence-corrected chi connectivity index (χ4v) is 5.65. The van der Waals surface area contributed by atoms with Gasteiger partial charge in [0, 0.05) is 22.4 Å². The average Bonchev–Trinajstić information content (AvgIpc) is 3.60. The van der Waals surface area contributed by atoms with Gasteiger partial charge in [0.25, 0.3) is 0 Å². The van der Waals surface area contributed by atoms with E-state index in [1.807, 2.05) is 30.3 Å². The molecule has 1 fully saturated rings. The maximum absolute atomic E-state index is 5.25. The summed E-state index contributed by atoms with van der Waals surface area (Å²) in [5, 5.41) is 13.2. The monoisotopic (exact) mass is 463 g/mol. The molecular weight excluding hydrogens is 438 g/mol. The molecule has 0 bridgehead atoms. The molecule has 1 aliphatic rings. The van der Waals surface area contributed by atoms with Crippen LogP contribution >= 0.6 is 23.1 Å². The van der Waals surface area contributed by atoms with Crippen molar-refractivity contribution < 1.29 is 4.74 Å². The molecule has 5 rings (SSSR count). The highest BCUT2D eigenvalue weighted by Gasteiger charge is 2.19. The number of ether oxygens (including phenoxy) is 1. The first-order valence-electron chi connectivity index (χ1n) is 10.7. The highest BCUT2D eigenvalue weighted by Crippen LogP contribution is 2.30. The van der Waals surface area contributed by atoms with Crippen LogP contribution in [0.15, 0.2) is 65.1 Å². The van der Waals surface area contributed by atoms with Crippen LogP contribution in [-0.2, 0) is 12.3 Å². The quantitative estimate of drug-likeness (QED) is 0.331. The van der Waals surface area contributed by atoms with Crippen LogP contribution in [0.4, 0.5) is 0 Å². The molecular formula is C24H25N5OS2. The predicted molar refractivity (Wildman–Crippen MR) is 130 cm³/mol. The Morgan fingerprint density at radius 1 is 1.00 bits per heavy atom. The lowest BCUT2D eigenvalue weighted by Crippen LogP contribution is -2.21. The van der Waals surface area contributed by atoms with Crippen molar-refractivity contribution in [3.05, 3.63) is 71.5 Å².